The largest absolute Gasteiger partial charge is 0.381 e. The highest BCUT2D eigenvalue weighted by atomic mass is 16.5. The van der Waals surface area contributed by atoms with E-state index in [0.29, 0.717) is 0 Å². The molecule has 0 bridgehead atoms. The summed E-state index contributed by atoms with van der Waals surface area (Å²) in [6.07, 6.45) is 8.24. The van der Waals surface area contributed by atoms with Gasteiger partial charge in [-0.3, -0.25) is 9.58 Å². The minimum atomic E-state index is 0.791. The number of rotatable bonds is 4. The van der Waals surface area contributed by atoms with E-state index in [9.17, 15) is 0 Å². The summed E-state index contributed by atoms with van der Waals surface area (Å²) in [5.74, 6) is 1.99. The molecule has 4 heterocycles. The summed E-state index contributed by atoms with van der Waals surface area (Å²) < 4.78 is 9.78. The summed E-state index contributed by atoms with van der Waals surface area (Å²) in [4.78, 5) is 7.19. The number of ether oxygens (including phenoxy) is 1. The SMILES string of the molecule is c1cnn(Cc2cnc3n2CCN(CC2CCOCC2)C3)c1. The van der Waals surface area contributed by atoms with Crippen LogP contribution < -0.4 is 0 Å². The second-order valence-electron chi connectivity index (χ2n) is 6.31. The van der Waals surface area contributed by atoms with E-state index in [4.69, 9.17) is 4.74 Å². The molecule has 0 radical (unpaired) electrons. The molecule has 0 N–H and O–H groups in total. The second kappa shape index (κ2) is 6.22. The van der Waals surface area contributed by atoms with Crippen LogP contribution in [0.3, 0.4) is 0 Å². The fourth-order valence-corrected chi connectivity index (χ4v) is 3.51. The van der Waals surface area contributed by atoms with Crippen LogP contribution in [-0.4, -0.2) is 50.5 Å². The zero-order valence-corrected chi connectivity index (χ0v) is 12.9. The van der Waals surface area contributed by atoms with Gasteiger partial charge in [-0.25, -0.2) is 4.98 Å². The minimum absolute atomic E-state index is 0.791. The van der Waals surface area contributed by atoms with Gasteiger partial charge in [0.15, 0.2) is 0 Å². The zero-order valence-electron chi connectivity index (χ0n) is 12.9. The minimum Gasteiger partial charge on any atom is -0.381 e. The number of hydrogen-bond acceptors (Lipinski definition) is 4. The lowest BCUT2D eigenvalue weighted by Crippen LogP contribution is -2.38. The van der Waals surface area contributed by atoms with Crippen LogP contribution in [-0.2, 0) is 24.4 Å². The van der Waals surface area contributed by atoms with E-state index < -0.39 is 0 Å². The highest BCUT2D eigenvalue weighted by Crippen LogP contribution is 2.20. The number of nitrogens with zero attached hydrogens (tertiary/aromatic N) is 5. The molecule has 0 amide bonds. The van der Waals surface area contributed by atoms with Crippen LogP contribution in [0.1, 0.15) is 24.4 Å². The van der Waals surface area contributed by atoms with Crippen molar-refractivity contribution in [2.75, 3.05) is 26.3 Å². The van der Waals surface area contributed by atoms with Crippen LogP contribution in [0.15, 0.2) is 24.7 Å². The summed E-state index contributed by atoms with van der Waals surface area (Å²) >= 11 is 0. The molecule has 6 nitrogen and oxygen atoms in total. The number of aromatic nitrogens is 4. The molecule has 0 aliphatic carbocycles. The molecule has 1 saturated heterocycles. The van der Waals surface area contributed by atoms with Crippen molar-refractivity contribution in [1.82, 2.24) is 24.2 Å². The van der Waals surface area contributed by atoms with Gasteiger partial charge in [-0.2, -0.15) is 5.10 Å². The van der Waals surface area contributed by atoms with E-state index in [1.54, 1.807) is 0 Å². The van der Waals surface area contributed by atoms with Crippen molar-refractivity contribution in [3.63, 3.8) is 0 Å². The van der Waals surface area contributed by atoms with Gasteiger partial charge in [-0.1, -0.05) is 0 Å². The number of imidazole rings is 1. The summed E-state index contributed by atoms with van der Waals surface area (Å²) in [5.41, 5.74) is 1.25. The monoisotopic (exact) mass is 301 g/mol. The van der Waals surface area contributed by atoms with Crippen molar-refractivity contribution >= 4 is 0 Å². The van der Waals surface area contributed by atoms with Gasteiger partial charge in [0.2, 0.25) is 0 Å². The van der Waals surface area contributed by atoms with Crippen LogP contribution in [0.25, 0.3) is 0 Å². The van der Waals surface area contributed by atoms with Crippen molar-refractivity contribution in [2.24, 2.45) is 5.92 Å². The molecule has 2 aliphatic rings. The fraction of sp³-hybridized carbons (Fsp3) is 0.625. The van der Waals surface area contributed by atoms with Crippen molar-refractivity contribution in [3.8, 4) is 0 Å². The Bertz CT molecular complexity index is 600. The molecule has 1 fully saturated rings. The van der Waals surface area contributed by atoms with Crippen LogP contribution in [0.2, 0.25) is 0 Å². The Morgan fingerprint density at radius 1 is 1.23 bits per heavy atom. The predicted molar refractivity (Wildman–Crippen MR) is 82.4 cm³/mol. The maximum absolute atomic E-state index is 5.46. The average Bonchev–Trinajstić information content (AvgIpc) is 3.19. The fourth-order valence-electron chi connectivity index (χ4n) is 3.51. The van der Waals surface area contributed by atoms with Gasteiger partial charge >= 0.3 is 0 Å². The Morgan fingerprint density at radius 3 is 2.95 bits per heavy atom. The summed E-state index contributed by atoms with van der Waals surface area (Å²) in [6, 6.07) is 1.96. The molecule has 2 aromatic rings. The van der Waals surface area contributed by atoms with Crippen LogP contribution >= 0.6 is 0 Å². The van der Waals surface area contributed by atoms with E-state index in [1.165, 1.54) is 30.9 Å². The third kappa shape index (κ3) is 2.94. The maximum atomic E-state index is 5.46. The van der Waals surface area contributed by atoms with E-state index in [1.807, 2.05) is 29.3 Å². The Morgan fingerprint density at radius 2 is 2.14 bits per heavy atom. The Labute approximate surface area is 130 Å². The van der Waals surface area contributed by atoms with Gasteiger partial charge in [0, 0.05) is 45.2 Å². The zero-order chi connectivity index (χ0) is 14.8. The molecule has 0 atom stereocenters. The Kier molecular flexibility index (Phi) is 3.95. The molecular weight excluding hydrogens is 278 g/mol. The maximum Gasteiger partial charge on any atom is 0.123 e. The Balaban J connectivity index is 1.40. The Hall–Kier alpha value is -1.66. The number of hydrogen-bond donors (Lipinski definition) is 0. The highest BCUT2D eigenvalue weighted by molar-refractivity contribution is 5.08. The first-order chi connectivity index (χ1) is 10.9. The van der Waals surface area contributed by atoms with Gasteiger partial charge < -0.3 is 9.30 Å². The first-order valence-corrected chi connectivity index (χ1v) is 8.19. The molecule has 4 rings (SSSR count). The summed E-state index contributed by atoms with van der Waals surface area (Å²) in [6.45, 7) is 6.98. The standard InChI is InChI=1S/C16H23N5O/c1-4-18-20(5-1)12-15-10-17-16-13-19(6-7-21(15)16)11-14-2-8-22-9-3-14/h1,4-5,10,14H,2-3,6-9,11-13H2. The van der Waals surface area contributed by atoms with Gasteiger partial charge in [0.05, 0.1) is 25.0 Å². The van der Waals surface area contributed by atoms with Crippen LogP contribution in [0, 0.1) is 5.92 Å². The molecule has 2 aromatic heterocycles. The van der Waals surface area contributed by atoms with Gasteiger partial charge in [-0.05, 0) is 24.8 Å². The van der Waals surface area contributed by atoms with Crippen molar-refractivity contribution in [2.45, 2.75) is 32.5 Å². The van der Waals surface area contributed by atoms with E-state index in [2.05, 4.69) is 19.5 Å². The topological polar surface area (TPSA) is 48.1 Å². The van der Waals surface area contributed by atoms with Crippen LogP contribution in [0.4, 0.5) is 0 Å². The lowest BCUT2D eigenvalue weighted by atomic mass is 9.99. The number of fused-ring (bicyclic) bond motifs is 1. The van der Waals surface area contributed by atoms with Gasteiger partial charge in [0.1, 0.15) is 5.82 Å². The molecule has 0 unspecified atom stereocenters. The molecule has 22 heavy (non-hydrogen) atoms. The van der Waals surface area contributed by atoms with E-state index in [-0.39, 0.29) is 0 Å². The lowest BCUT2D eigenvalue weighted by Gasteiger charge is -2.33. The van der Waals surface area contributed by atoms with Crippen molar-refractivity contribution in [3.05, 3.63) is 36.2 Å². The first kappa shape index (κ1) is 14.0. The van der Waals surface area contributed by atoms with Crippen molar-refractivity contribution < 1.29 is 4.74 Å². The van der Waals surface area contributed by atoms with Gasteiger partial charge in [0.25, 0.3) is 0 Å². The van der Waals surface area contributed by atoms with Crippen LogP contribution in [0.5, 0.6) is 0 Å². The quantitative estimate of drug-likeness (QED) is 0.856. The second-order valence-corrected chi connectivity index (χ2v) is 6.31. The predicted octanol–water partition coefficient (Wildman–Crippen LogP) is 1.37. The molecule has 0 aromatic carbocycles. The molecular formula is C16H23N5O. The van der Waals surface area contributed by atoms with Gasteiger partial charge in [-0.15, -0.1) is 0 Å². The molecule has 6 heteroatoms. The third-order valence-corrected chi connectivity index (χ3v) is 4.77. The molecule has 118 valence electrons. The average molecular weight is 301 g/mol. The first-order valence-electron chi connectivity index (χ1n) is 8.19. The van der Waals surface area contributed by atoms with E-state index in [0.717, 1.165) is 45.3 Å². The van der Waals surface area contributed by atoms with Crippen molar-refractivity contribution in [1.29, 1.82) is 0 Å². The van der Waals surface area contributed by atoms with E-state index >= 15 is 0 Å². The summed E-state index contributed by atoms with van der Waals surface area (Å²) in [7, 11) is 0. The molecule has 2 aliphatic heterocycles. The lowest BCUT2D eigenvalue weighted by molar-refractivity contribution is 0.0481. The third-order valence-electron chi connectivity index (χ3n) is 4.77. The highest BCUT2D eigenvalue weighted by Gasteiger charge is 2.23. The molecule has 0 saturated carbocycles. The normalized spacial score (nSPS) is 20.2. The molecule has 0 spiro atoms. The summed E-state index contributed by atoms with van der Waals surface area (Å²) in [5, 5.41) is 4.29. The smallest absolute Gasteiger partial charge is 0.123 e.